The second-order valence-corrected chi connectivity index (χ2v) is 5.38. The molecule has 0 spiro atoms. The van der Waals surface area contributed by atoms with Gasteiger partial charge < -0.3 is 20.1 Å². The number of phenolic OH excluding ortho intramolecular Hbond substituents is 3. The number of ether oxygens (including phenoxy) is 1. The van der Waals surface area contributed by atoms with Gasteiger partial charge in [-0.1, -0.05) is 25.1 Å². The molecule has 112 valence electrons. The molecule has 1 atom stereocenters. The summed E-state index contributed by atoms with van der Waals surface area (Å²) in [7, 11) is 0. The highest BCUT2D eigenvalue weighted by Gasteiger charge is 2.14. The zero-order valence-corrected chi connectivity index (χ0v) is 12.2. The minimum atomic E-state index is -0.467. The van der Waals surface area contributed by atoms with Crippen LogP contribution in [0.1, 0.15) is 18.1 Å². The fourth-order valence-electron chi connectivity index (χ4n) is 2.22. The topological polar surface area (TPSA) is 69.9 Å². The van der Waals surface area contributed by atoms with Crippen molar-refractivity contribution in [2.24, 2.45) is 5.92 Å². The quantitative estimate of drug-likeness (QED) is 0.650. The molecule has 3 rings (SSSR count). The Morgan fingerprint density at radius 3 is 2.33 bits per heavy atom. The van der Waals surface area contributed by atoms with E-state index >= 15 is 0 Å². The van der Waals surface area contributed by atoms with Gasteiger partial charge in [-0.2, -0.15) is 0 Å². The summed E-state index contributed by atoms with van der Waals surface area (Å²) < 4.78 is 5.54. The van der Waals surface area contributed by atoms with E-state index in [1.807, 2.05) is 12.1 Å². The van der Waals surface area contributed by atoms with Gasteiger partial charge in [-0.3, -0.25) is 0 Å². The lowest BCUT2D eigenvalue weighted by atomic mass is 9.99. The fourth-order valence-corrected chi connectivity index (χ4v) is 2.22. The van der Waals surface area contributed by atoms with Crippen molar-refractivity contribution in [3.63, 3.8) is 0 Å². The van der Waals surface area contributed by atoms with Crippen molar-refractivity contribution in [2.75, 3.05) is 6.61 Å². The van der Waals surface area contributed by atoms with Crippen molar-refractivity contribution in [3.05, 3.63) is 47.5 Å². The Morgan fingerprint density at radius 1 is 1.05 bits per heavy atom. The Bertz CT molecular complexity index is 599. The Labute approximate surface area is 124 Å². The number of hydrogen-bond acceptors (Lipinski definition) is 4. The second-order valence-electron chi connectivity index (χ2n) is 5.38. The average Bonchev–Trinajstić information content (AvgIpc) is 2.45. The number of aromatic hydroxyl groups is 3. The monoisotopic (exact) mass is 288 g/mol. The van der Waals surface area contributed by atoms with E-state index in [0.717, 1.165) is 18.8 Å². The van der Waals surface area contributed by atoms with Gasteiger partial charge in [0.2, 0.25) is 0 Å². The van der Waals surface area contributed by atoms with Crippen LogP contribution < -0.4 is 4.74 Å². The summed E-state index contributed by atoms with van der Waals surface area (Å²) in [5.74, 6) is 0.691. The zero-order chi connectivity index (χ0) is 15.4. The first-order chi connectivity index (χ1) is 9.97. The minimum absolute atomic E-state index is 0.294. The molecular weight excluding hydrogens is 268 g/mol. The van der Waals surface area contributed by atoms with Crippen LogP contribution in [0.2, 0.25) is 0 Å². The number of hydrogen-bond donors (Lipinski definition) is 3. The van der Waals surface area contributed by atoms with Gasteiger partial charge in [0.15, 0.2) is 17.2 Å². The smallest absolute Gasteiger partial charge is 0.200 e. The third-order valence-electron chi connectivity index (χ3n) is 3.28. The van der Waals surface area contributed by atoms with Gasteiger partial charge in [-0.05, 0) is 48.6 Å². The van der Waals surface area contributed by atoms with Crippen LogP contribution in [-0.4, -0.2) is 21.9 Å². The molecule has 1 heterocycles. The van der Waals surface area contributed by atoms with Crippen LogP contribution in [0.5, 0.6) is 23.0 Å². The van der Waals surface area contributed by atoms with Crippen molar-refractivity contribution in [2.45, 2.75) is 20.3 Å². The van der Waals surface area contributed by atoms with Crippen LogP contribution in [-0.2, 0) is 6.42 Å². The summed E-state index contributed by atoms with van der Waals surface area (Å²) in [5.41, 5.74) is 2.05. The Kier molecular flexibility index (Phi) is 4.58. The van der Waals surface area contributed by atoms with Gasteiger partial charge in [0.25, 0.3) is 0 Å². The standard InChI is InChI=1S/C10H12O.C7H8O3/c1-8-6-9-4-2-3-5-10(9)11-7-8;1-4-2-5(8)7(10)6(9)3-4/h2-5,8H,6-7H2,1H3;2-3,8-10H,1H3/t8-;/m1./s1. The lowest BCUT2D eigenvalue weighted by Crippen LogP contribution is -2.17. The molecule has 1 aliphatic heterocycles. The number of rotatable bonds is 0. The van der Waals surface area contributed by atoms with Gasteiger partial charge in [0.05, 0.1) is 6.61 Å². The molecule has 0 bridgehead atoms. The molecule has 21 heavy (non-hydrogen) atoms. The summed E-state index contributed by atoms with van der Waals surface area (Å²) in [6.07, 6.45) is 1.16. The maximum atomic E-state index is 8.87. The minimum Gasteiger partial charge on any atom is -0.504 e. The molecule has 2 aromatic rings. The first-order valence-electron chi connectivity index (χ1n) is 6.89. The number of fused-ring (bicyclic) bond motifs is 1. The van der Waals surface area contributed by atoms with Crippen LogP contribution in [0.25, 0.3) is 0 Å². The van der Waals surface area contributed by atoms with Crippen LogP contribution in [0.3, 0.4) is 0 Å². The predicted molar refractivity (Wildman–Crippen MR) is 81.0 cm³/mol. The van der Waals surface area contributed by atoms with Crippen molar-refractivity contribution >= 4 is 0 Å². The molecule has 0 fully saturated rings. The van der Waals surface area contributed by atoms with Gasteiger partial charge in [-0.25, -0.2) is 0 Å². The molecular formula is C17H20O4. The molecule has 3 N–H and O–H groups in total. The maximum Gasteiger partial charge on any atom is 0.200 e. The molecule has 0 aliphatic carbocycles. The van der Waals surface area contributed by atoms with Crippen molar-refractivity contribution in [1.29, 1.82) is 0 Å². The zero-order valence-electron chi connectivity index (χ0n) is 12.2. The van der Waals surface area contributed by atoms with E-state index in [1.165, 1.54) is 17.7 Å². The van der Waals surface area contributed by atoms with E-state index in [9.17, 15) is 0 Å². The fraction of sp³-hybridized carbons (Fsp3) is 0.294. The highest BCUT2D eigenvalue weighted by molar-refractivity contribution is 5.50. The first kappa shape index (κ1) is 15.0. The molecule has 2 aromatic carbocycles. The summed E-state index contributed by atoms with van der Waals surface area (Å²) in [6.45, 7) is 4.80. The van der Waals surface area contributed by atoms with Crippen molar-refractivity contribution in [1.82, 2.24) is 0 Å². The highest BCUT2D eigenvalue weighted by Crippen LogP contribution is 2.34. The van der Waals surface area contributed by atoms with E-state index in [2.05, 4.69) is 19.1 Å². The third kappa shape index (κ3) is 3.81. The SMILES string of the molecule is C[C@H]1COc2ccccc2C1.Cc1cc(O)c(O)c(O)c1. The lowest BCUT2D eigenvalue weighted by molar-refractivity contribution is 0.234. The second kappa shape index (κ2) is 6.39. The molecule has 4 heteroatoms. The molecule has 0 saturated heterocycles. The van der Waals surface area contributed by atoms with E-state index in [-0.39, 0.29) is 11.5 Å². The summed E-state index contributed by atoms with van der Waals surface area (Å²) in [5, 5.41) is 26.6. The number of para-hydroxylation sites is 1. The summed E-state index contributed by atoms with van der Waals surface area (Å²) >= 11 is 0. The number of phenols is 3. The first-order valence-corrected chi connectivity index (χ1v) is 6.89. The summed E-state index contributed by atoms with van der Waals surface area (Å²) in [6, 6.07) is 11.0. The summed E-state index contributed by atoms with van der Waals surface area (Å²) in [4.78, 5) is 0. The van der Waals surface area contributed by atoms with E-state index in [1.54, 1.807) is 6.92 Å². The van der Waals surface area contributed by atoms with Crippen LogP contribution in [0.4, 0.5) is 0 Å². The largest absolute Gasteiger partial charge is 0.504 e. The van der Waals surface area contributed by atoms with Crippen molar-refractivity contribution < 1.29 is 20.1 Å². The molecule has 0 radical (unpaired) electrons. The number of benzene rings is 2. The highest BCUT2D eigenvalue weighted by atomic mass is 16.5. The maximum absolute atomic E-state index is 8.87. The van der Waals surface area contributed by atoms with E-state index < -0.39 is 5.75 Å². The molecule has 0 saturated carbocycles. The molecule has 4 nitrogen and oxygen atoms in total. The van der Waals surface area contributed by atoms with Crippen molar-refractivity contribution in [3.8, 4) is 23.0 Å². The van der Waals surface area contributed by atoms with E-state index in [0.29, 0.717) is 11.5 Å². The van der Waals surface area contributed by atoms with Gasteiger partial charge in [0.1, 0.15) is 5.75 Å². The van der Waals surface area contributed by atoms with Gasteiger partial charge in [0, 0.05) is 0 Å². The Balaban J connectivity index is 0.000000155. The molecule has 0 aromatic heterocycles. The molecule has 0 amide bonds. The van der Waals surface area contributed by atoms with Crippen LogP contribution >= 0.6 is 0 Å². The lowest BCUT2D eigenvalue weighted by Gasteiger charge is -2.21. The van der Waals surface area contributed by atoms with Crippen LogP contribution in [0.15, 0.2) is 36.4 Å². The van der Waals surface area contributed by atoms with Gasteiger partial charge >= 0.3 is 0 Å². The van der Waals surface area contributed by atoms with Crippen LogP contribution in [0, 0.1) is 12.8 Å². The average molecular weight is 288 g/mol. The normalized spacial score (nSPS) is 16.2. The van der Waals surface area contributed by atoms with E-state index in [4.69, 9.17) is 20.1 Å². The Morgan fingerprint density at radius 2 is 1.67 bits per heavy atom. The van der Waals surface area contributed by atoms with Gasteiger partial charge in [-0.15, -0.1) is 0 Å². The Hall–Kier alpha value is -2.36. The number of aryl methyl sites for hydroxylation is 1. The molecule has 0 unspecified atom stereocenters. The predicted octanol–water partition coefficient (Wildman–Crippen LogP) is 3.37. The third-order valence-corrected chi connectivity index (χ3v) is 3.28. The molecule has 1 aliphatic rings.